The van der Waals surface area contributed by atoms with Gasteiger partial charge < -0.3 is 5.32 Å². The third-order valence-corrected chi connectivity index (χ3v) is 4.98. The van der Waals surface area contributed by atoms with E-state index >= 15 is 0 Å². The lowest BCUT2D eigenvalue weighted by molar-refractivity contribution is -0.122. The number of aromatic nitrogens is 2. The van der Waals surface area contributed by atoms with Gasteiger partial charge in [-0.05, 0) is 25.8 Å². The standard InChI is InChI=1S/C21H27N3O2/c1-16-8-10-17(11-9-16)19-12-13-21(26)24(23-19)15-14-20(25)22-18-6-4-2-3-5-7-18/h8-13,18H,2-7,14-15H2,1H3,(H,22,25). The minimum absolute atomic E-state index is 0.00587. The van der Waals surface area contributed by atoms with Crippen LogP contribution in [0.15, 0.2) is 41.2 Å². The number of carbonyl (C=O) groups excluding carboxylic acids is 1. The molecule has 1 saturated carbocycles. The Labute approximate surface area is 154 Å². The number of amides is 1. The highest BCUT2D eigenvalue weighted by atomic mass is 16.2. The van der Waals surface area contributed by atoms with Crippen molar-refractivity contribution >= 4 is 5.91 Å². The number of benzene rings is 1. The predicted molar refractivity (Wildman–Crippen MR) is 103 cm³/mol. The third kappa shape index (κ3) is 5.04. The first-order valence-corrected chi connectivity index (χ1v) is 9.56. The van der Waals surface area contributed by atoms with Crippen LogP contribution in [0.25, 0.3) is 11.3 Å². The highest BCUT2D eigenvalue weighted by Crippen LogP contribution is 2.17. The van der Waals surface area contributed by atoms with Gasteiger partial charge in [0.2, 0.25) is 5.91 Å². The number of nitrogens with one attached hydrogen (secondary N) is 1. The van der Waals surface area contributed by atoms with Crippen molar-refractivity contribution < 1.29 is 4.79 Å². The lowest BCUT2D eigenvalue weighted by Gasteiger charge is -2.16. The molecule has 1 fully saturated rings. The monoisotopic (exact) mass is 353 g/mol. The molecule has 2 aromatic rings. The Balaban J connectivity index is 1.62. The van der Waals surface area contributed by atoms with Crippen molar-refractivity contribution in [3.05, 3.63) is 52.3 Å². The first-order chi connectivity index (χ1) is 12.6. The first kappa shape index (κ1) is 18.4. The summed E-state index contributed by atoms with van der Waals surface area (Å²) in [6.45, 7) is 2.34. The van der Waals surface area contributed by atoms with Crippen LogP contribution in [0.3, 0.4) is 0 Å². The van der Waals surface area contributed by atoms with Gasteiger partial charge in [0, 0.05) is 24.1 Å². The number of carbonyl (C=O) groups is 1. The largest absolute Gasteiger partial charge is 0.353 e. The number of rotatable bonds is 5. The minimum atomic E-state index is -0.178. The van der Waals surface area contributed by atoms with Crippen molar-refractivity contribution in [3.63, 3.8) is 0 Å². The summed E-state index contributed by atoms with van der Waals surface area (Å²) in [6, 6.07) is 11.6. The molecule has 1 N–H and O–H groups in total. The molecule has 0 radical (unpaired) electrons. The molecule has 0 saturated heterocycles. The van der Waals surface area contributed by atoms with E-state index in [9.17, 15) is 9.59 Å². The fourth-order valence-electron chi connectivity index (χ4n) is 3.42. The van der Waals surface area contributed by atoms with E-state index in [0.717, 1.165) is 24.1 Å². The topological polar surface area (TPSA) is 64.0 Å². The summed E-state index contributed by atoms with van der Waals surface area (Å²) in [4.78, 5) is 24.3. The van der Waals surface area contributed by atoms with Gasteiger partial charge in [-0.1, -0.05) is 55.5 Å². The lowest BCUT2D eigenvalue weighted by atomic mass is 10.1. The molecule has 26 heavy (non-hydrogen) atoms. The van der Waals surface area contributed by atoms with Gasteiger partial charge in [0.25, 0.3) is 5.56 Å². The van der Waals surface area contributed by atoms with Crippen LogP contribution in [0.4, 0.5) is 0 Å². The zero-order chi connectivity index (χ0) is 18.4. The molecule has 0 spiro atoms. The van der Waals surface area contributed by atoms with E-state index < -0.39 is 0 Å². The van der Waals surface area contributed by atoms with Gasteiger partial charge in [0.05, 0.1) is 12.2 Å². The smallest absolute Gasteiger partial charge is 0.266 e. The number of aryl methyl sites for hydroxylation is 2. The second-order valence-corrected chi connectivity index (χ2v) is 7.15. The van der Waals surface area contributed by atoms with E-state index in [2.05, 4.69) is 10.4 Å². The Hall–Kier alpha value is -2.43. The number of nitrogens with zero attached hydrogens (tertiary/aromatic N) is 2. The van der Waals surface area contributed by atoms with E-state index in [1.165, 1.54) is 42.0 Å². The summed E-state index contributed by atoms with van der Waals surface area (Å²) < 4.78 is 1.39. The molecule has 1 aliphatic carbocycles. The van der Waals surface area contributed by atoms with Crippen molar-refractivity contribution in [1.82, 2.24) is 15.1 Å². The van der Waals surface area contributed by atoms with Crippen LogP contribution < -0.4 is 10.9 Å². The molecule has 1 heterocycles. The predicted octanol–water partition coefficient (Wildman–Crippen LogP) is 3.45. The second kappa shape index (κ2) is 8.79. The zero-order valence-corrected chi connectivity index (χ0v) is 15.4. The van der Waals surface area contributed by atoms with Crippen molar-refractivity contribution in [2.24, 2.45) is 0 Å². The Morgan fingerprint density at radius 3 is 2.46 bits per heavy atom. The Morgan fingerprint density at radius 1 is 1.08 bits per heavy atom. The molecule has 1 aromatic heterocycles. The Bertz CT molecular complexity index is 788. The SMILES string of the molecule is Cc1ccc(-c2ccc(=O)n(CCC(=O)NC3CCCCCC3)n2)cc1. The van der Waals surface area contributed by atoms with E-state index in [0.29, 0.717) is 6.54 Å². The summed E-state index contributed by atoms with van der Waals surface area (Å²) in [7, 11) is 0. The van der Waals surface area contributed by atoms with Crippen molar-refractivity contribution in [1.29, 1.82) is 0 Å². The van der Waals surface area contributed by atoms with Gasteiger partial charge in [-0.25, -0.2) is 4.68 Å². The molecule has 0 unspecified atom stereocenters. The van der Waals surface area contributed by atoms with Crippen molar-refractivity contribution in [2.45, 2.75) is 64.5 Å². The Kier molecular flexibility index (Phi) is 6.21. The van der Waals surface area contributed by atoms with Gasteiger partial charge in [-0.15, -0.1) is 0 Å². The normalized spacial score (nSPS) is 15.4. The van der Waals surface area contributed by atoms with Crippen molar-refractivity contribution in [3.8, 4) is 11.3 Å². The molecule has 0 aliphatic heterocycles. The van der Waals surface area contributed by atoms with Gasteiger partial charge in [0.15, 0.2) is 0 Å². The molecular weight excluding hydrogens is 326 g/mol. The summed E-state index contributed by atoms with van der Waals surface area (Å²) >= 11 is 0. The maximum absolute atomic E-state index is 12.2. The van der Waals surface area contributed by atoms with E-state index in [-0.39, 0.29) is 23.9 Å². The number of hydrogen-bond donors (Lipinski definition) is 1. The van der Waals surface area contributed by atoms with E-state index in [4.69, 9.17) is 0 Å². The molecule has 1 aliphatic rings. The van der Waals surface area contributed by atoms with Crippen molar-refractivity contribution in [2.75, 3.05) is 0 Å². The molecule has 5 nitrogen and oxygen atoms in total. The maximum atomic E-state index is 12.2. The van der Waals surface area contributed by atoms with Crippen LogP contribution in [-0.4, -0.2) is 21.7 Å². The van der Waals surface area contributed by atoms with Gasteiger partial charge in [-0.2, -0.15) is 5.10 Å². The molecule has 0 atom stereocenters. The van der Waals surface area contributed by atoms with Gasteiger partial charge >= 0.3 is 0 Å². The van der Waals surface area contributed by atoms with Crippen LogP contribution in [0.1, 0.15) is 50.5 Å². The maximum Gasteiger partial charge on any atom is 0.266 e. The van der Waals surface area contributed by atoms with Crippen LogP contribution in [0, 0.1) is 6.92 Å². The van der Waals surface area contributed by atoms with Crippen LogP contribution in [0.2, 0.25) is 0 Å². The molecule has 1 aromatic carbocycles. The number of hydrogen-bond acceptors (Lipinski definition) is 3. The lowest BCUT2D eigenvalue weighted by Crippen LogP contribution is -2.35. The molecule has 1 amide bonds. The average molecular weight is 353 g/mol. The van der Waals surface area contributed by atoms with Crippen LogP contribution in [-0.2, 0) is 11.3 Å². The zero-order valence-electron chi connectivity index (χ0n) is 15.4. The van der Waals surface area contributed by atoms with E-state index in [1.54, 1.807) is 6.07 Å². The Morgan fingerprint density at radius 2 is 1.77 bits per heavy atom. The first-order valence-electron chi connectivity index (χ1n) is 9.56. The average Bonchev–Trinajstić information content (AvgIpc) is 2.90. The summed E-state index contributed by atoms with van der Waals surface area (Å²) in [5, 5.41) is 7.55. The van der Waals surface area contributed by atoms with Crippen LogP contribution in [0.5, 0.6) is 0 Å². The third-order valence-electron chi connectivity index (χ3n) is 4.98. The molecule has 0 bridgehead atoms. The van der Waals surface area contributed by atoms with Gasteiger partial charge in [0.1, 0.15) is 0 Å². The molecular formula is C21H27N3O2. The molecule has 3 rings (SSSR count). The van der Waals surface area contributed by atoms with Crippen LogP contribution >= 0.6 is 0 Å². The minimum Gasteiger partial charge on any atom is -0.353 e. The summed E-state index contributed by atoms with van der Waals surface area (Å²) in [5.41, 5.74) is 2.71. The second-order valence-electron chi connectivity index (χ2n) is 7.15. The molecule has 138 valence electrons. The fourth-order valence-corrected chi connectivity index (χ4v) is 3.42. The highest BCUT2D eigenvalue weighted by molar-refractivity contribution is 5.76. The highest BCUT2D eigenvalue weighted by Gasteiger charge is 2.15. The van der Waals surface area contributed by atoms with Gasteiger partial charge in [-0.3, -0.25) is 9.59 Å². The molecule has 5 heteroatoms. The quantitative estimate of drug-likeness (QED) is 0.838. The fraction of sp³-hybridized carbons (Fsp3) is 0.476. The van der Waals surface area contributed by atoms with E-state index in [1.807, 2.05) is 31.2 Å². The summed E-state index contributed by atoms with van der Waals surface area (Å²) in [5.74, 6) is 0.00587. The summed E-state index contributed by atoms with van der Waals surface area (Å²) in [6.07, 6.45) is 7.30.